The minimum Gasteiger partial charge on any atom is -0.399 e. The van der Waals surface area contributed by atoms with Crippen LogP contribution in [-0.2, 0) is 6.54 Å². The lowest BCUT2D eigenvalue weighted by molar-refractivity contribution is 0.765. The molecule has 0 fully saturated rings. The summed E-state index contributed by atoms with van der Waals surface area (Å²) >= 11 is 1.76. The molecule has 0 aliphatic rings. The van der Waals surface area contributed by atoms with E-state index in [1.165, 1.54) is 10.3 Å². The molecule has 3 aromatic rings. The molecule has 0 aliphatic heterocycles. The van der Waals surface area contributed by atoms with Crippen molar-refractivity contribution in [3.8, 4) is 0 Å². The number of nitrogen functional groups attached to an aromatic ring is 1. The van der Waals surface area contributed by atoms with Crippen LogP contribution in [0, 0.1) is 0 Å². The fourth-order valence-corrected chi connectivity index (χ4v) is 3.34. The standard InChI is InChI=1S/C17H19N3S/c1-2-11-20(12-13-7-9-14(18)10-8-13)17-19-15-5-3-4-6-16(15)21-17/h3-10H,2,11-12,18H2,1H3. The van der Waals surface area contributed by atoms with Gasteiger partial charge in [-0.1, -0.05) is 42.5 Å². The molecule has 4 heteroatoms. The molecule has 108 valence electrons. The Bertz CT molecular complexity index is 685. The first-order valence-corrected chi connectivity index (χ1v) is 8.03. The number of para-hydroxylation sites is 1. The van der Waals surface area contributed by atoms with Gasteiger partial charge in [0.2, 0.25) is 0 Å². The van der Waals surface area contributed by atoms with Crippen molar-refractivity contribution in [2.24, 2.45) is 0 Å². The van der Waals surface area contributed by atoms with E-state index in [1.807, 2.05) is 18.2 Å². The van der Waals surface area contributed by atoms with Gasteiger partial charge in [-0.05, 0) is 36.2 Å². The van der Waals surface area contributed by atoms with E-state index in [-0.39, 0.29) is 0 Å². The summed E-state index contributed by atoms with van der Waals surface area (Å²) in [6, 6.07) is 16.4. The molecular formula is C17H19N3S. The van der Waals surface area contributed by atoms with E-state index < -0.39 is 0 Å². The monoisotopic (exact) mass is 297 g/mol. The fourth-order valence-electron chi connectivity index (χ4n) is 2.35. The van der Waals surface area contributed by atoms with Crippen LogP contribution in [0.1, 0.15) is 18.9 Å². The van der Waals surface area contributed by atoms with Crippen LogP contribution >= 0.6 is 11.3 Å². The number of hydrogen-bond acceptors (Lipinski definition) is 4. The number of hydrogen-bond donors (Lipinski definition) is 1. The summed E-state index contributed by atoms with van der Waals surface area (Å²) in [6.07, 6.45) is 1.10. The highest BCUT2D eigenvalue weighted by molar-refractivity contribution is 7.22. The van der Waals surface area contributed by atoms with E-state index in [0.717, 1.165) is 35.8 Å². The number of nitrogens with zero attached hydrogens (tertiary/aromatic N) is 2. The van der Waals surface area contributed by atoms with Crippen LogP contribution < -0.4 is 10.6 Å². The maximum absolute atomic E-state index is 5.75. The van der Waals surface area contributed by atoms with Crippen LogP contribution in [0.5, 0.6) is 0 Å². The molecule has 0 saturated carbocycles. The molecular weight excluding hydrogens is 278 g/mol. The predicted octanol–water partition coefficient (Wildman–Crippen LogP) is 4.30. The van der Waals surface area contributed by atoms with Crippen molar-refractivity contribution in [2.45, 2.75) is 19.9 Å². The second kappa shape index (κ2) is 6.14. The van der Waals surface area contributed by atoms with Crippen molar-refractivity contribution in [3.05, 3.63) is 54.1 Å². The molecule has 0 aliphatic carbocycles. The third kappa shape index (κ3) is 3.16. The molecule has 1 aromatic heterocycles. The third-order valence-corrected chi connectivity index (χ3v) is 4.50. The van der Waals surface area contributed by atoms with Gasteiger partial charge in [-0.2, -0.15) is 0 Å². The molecule has 0 unspecified atom stereocenters. The number of aromatic nitrogens is 1. The van der Waals surface area contributed by atoms with Crippen molar-refractivity contribution >= 4 is 32.4 Å². The SMILES string of the molecule is CCCN(Cc1ccc(N)cc1)c1nc2ccccc2s1. The minimum atomic E-state index is 0.806. The highest BCUT2D eigenvalue weighted by atomic mass is 32.1. The first kappa shape index (κ1) is 13.9. The molecule has 3 rings (SSSR count). The van der Waals surface area contributed by atoms with Crippen LogP contribution in [0.3, 0.4) is 0 Å². The average molecular weight is 297 g/mol. The smallest absolute Gasteiger partial charge is 0.186 e. The lowest BCUT2D eigenvalue weighted by Crippen LogP contribution is -2.23. The van der Waals surface area contributed by atoms with Gasteiger partial charge in [-0.3, -0.25) is 0 Å². The third-order valence-electron chi connectivity index (χ3n) is 3.40. The van der Waals surface area contributed by atoms with Crippen LogP contribution in [0.2, 0.25) is 0 Å². The number of thiazole rings is 1. The van der Waals surface area contributed by atoms with Gasteiger partial charge < -0.3 is 10.6 Å². The summed E-state index contributed by atoms with van der Waals surface area (Å²) < 4.78 is 1.24. The summed E-state index contributed by atoms with van der Waals surface area (Å²) in [4.78, 5) is 7.11. The summed E-state index contributed by atoms with van der Waals surface area (Å²) in [5.74, 6) is 0. The van der Waals surface area contributed by atoms with Gasteiger partial charge in [0.05, 0.1) is 10.2 Å². The Hall–Kier alpha value is -2.07. The Kier molecular flexibility index (Phi) is 4.06. The van der Waals surface area contributed by atoms with Crippen molar-refractivity contribution in [3.63, 3.8) is 0 Å². The van der Waals surface area contributed by atoms with Crippen LogP contribution in [0.25, 0.3) is 10.2 Å². The molecule has 0 saturated heterocycles. The van der Waals surface area contributed by atoms with Crippen molar-refractivity contribution in [2.75, 3.05) is 17.2 Å². The number of rotatable bonds is 5. The van der Waals surface area contributed by atoms with E-state index in [9.17, 15) is 0 Å². The summed E-state index contributed by atoms with van der Waals surface area (Å²) in [7, 11) is 0. The van der Waals surface area contributed by atoms with Gasteiger partial charge in [0.1, 0.15) is 0 Å². The Morgan fingerprint density at radius 3 is 2.57 bits per heavy atom. The lowest BCUT2D eigenvalue weighted by Gasteiger charge is -2.21. The fraction of sp³-hybridized carbons (Fsp3) is 0.235. The molecule has 2 aromatic carbocycles. The van der Waals surface area contributed by atoms with Gasteiger partial charge in [-0.25, -0.2) is 4.98 Å². The molecule has 0 spiro atoms. The van der Waals surface area contributed by atoms with E-state index in [0.29, 0.717) is 0 Å². The van der Waals surface area contributed by atoms with Crippen molar-refractivity contribution < 1.29 is 0 Å². The highest BCUT2D eigenvalue weighted by Crippen LogP contribution is 2.29. The highest BCUT2D eigenvalue weighted by Gasteiger charge is 2.12. The van der Waals surface area contributed by atoms with E-state index in [4.69, 9.17) is 10.7 Å². The molecule has 21 heavy (non-hydrogen) atoms. The average Bonchev–Trinajstić information content (AvgIpc) is 2.93. The second-order valence-electron chi connectivity index (χ2n) is 5.13. The summed E-state index contributed by atoms with van der Waals surface area (Å²) in [5, 5.41) is 1.09. The van der Waals surface area contributed by atoms with E-state index in [2.05, 4.69) is 42.2 Å². The van der Waals surface area contributed by atoms with Crippen LogP contribution in [0.4, 0.5) is 10.8 Å². The maximum Gasteiger partial charge on any atom is 0.186 e. The van der Waals surface area contributed by atoms with Gasteiger partial charge in [0.15, 0.2) is 5.13 Å². The quantitative estimate of drug-likeness (QED) is 0.714. The minimum absolute atomic E-state index is 0.806. The Labute approximate surface area is 129 Å². The Morgan fingerprint density at radius 1 is 1.10 bits per heavy atom. The maximum atomic E-state index is 5.75. The van der Waals surface area contributed by atoms with E-state index in [1.54, 1.807) is 11.3 Å². The van der Waals surface area contributed by atoms with Gasteiger partial charge in [0.25, 0.3) is 0 Å². The number of nitrogens with two attached hydrogens (primary N) is 1. The Balaban J connectivity index is 1.87. The molecule has 1 heterocycles. The first-order chi connectivity index (χ1) is 10.3. The number of anilines is 2. The van der Waals surface area contributed by atoms with Crippen LogP contribution in [0.15, 0.2) is 48.5 Å². The number of fused-ring (bicyclic) bond motifs is 1. The Morgan fingerprint density at radius 2 is 1.86 bits per heavy atom. The van der Waals surface area contributed by atoms with Crippen molar-refractivity contribution in [1.29, 1.82) is 0 Å². The normalized spacial score (nSPS) is 10.9. The van der Waals surface area contributed by atoms with Crippen LogP contribution in [-0.4, -0.2) is 11.5 Å². The van der Waals surface area contributed by atoms with Gasteiger partial charge in [0, 0.05) is 18.8 Å². The first-order valence-electron chi connectivity index (χ1n) is 7.21. The predicted molar refractivity (Wildman–Crippen MR) is 91.8 cm³/mol. The summed E-state index contributed by atoms with van der Waals surface area (Å²) in [6.45, 7) is 4.07. The molecule has 0 amide bonds. The number of benzene rings is 2. The topological polar surface area (TPSA) is 42.1 Å². The molecule has 3 nitrogen and oxygen atoms in total. The molecule has 0 radical (unpaired) electrons. The van der Waals surface area contributed by atoms with E-state index >= 15 is 0 Å². The zero-order valence-corrected chi connectivity index (χ0v) is 12.9. The largest absolute Gasteiger partial charge is 0.399 e. The molecule has 2 N–H and O–H groups in total. The second-order valence-corrected chi connectivity index (χ2v) is 6.14. The van der Waals surface area contributed by atoms with Gasteiger partial charge in [-0.15, -0.1) is 0 Å². The zero-order valence-electron chi connectivity index (χ0n) is 12.1. The van der Waals surface area contributed by atoms with Crippen molar-refractivity contribution in [1.82, 2.24) is 4.98 Å². The molecule has 0 atom stereocenters. The zero-order chi connectivity index (χ0) is 14.7. The molecule has 0 bridgehead atoms. The summed E-state index contributed by atoms with van der Waals surface area (Å²) in [5.41, 5.74) is 8.90. The lowest BCUT2D eigenvalue weighted by atomic mass is 10.2. The van der Waals surface area contributed by atoms with Gasteiger partial charge >= 0.3 is 0 Å².